The molecule has 0 atom stereocenters. The molecule has 0 spiro atoms. The molecule has 0 saturated heterocycles. The molecule has 0 fully saturated rings. The van der Waals surface area contributed by atoms with Crippen LogP contribution in [0.2, 0.25) is 10.0 Å². The summed E-state index contributed by atoms with van der Waals surface area (Å²) in [4.78, 5) is 0.268. The van der Waals surface area contributed by atoms with E-state index >= 15 is 0 Å². The number of nitrogens with one attached hydrogen (secondary N) is 3. The summed E-state index contributed by atoms with van der Waals surface area (Å²) in [5, 5.41) is 6.35. The Labute approximate surface area is 203 Å². The molecule has 0 heterocycles. The highest BCUT2D eigenvalue weighted by atomic mass is 35.5. The standard InChI is InChI=1S/C20H15Cl2F2N3O2S3/c21-12-2-1-3-15(10-12)27-32(28,29)18-11-14(6-9-17(18)22)26-20(30)25-13-4-7-16(8-5-13)31-19(23)24/h1-11,19,27H,(H2,25,26,30). The lowest BCUT2D eigenvalue weighted by Crippen LogP contribution is -2.20. The first kappa shape index (κ1) is 24.5. The number of hydrogen-bond acceptors (Lipinski definition) is 4. The van der Waals surface area contributed by atoms with Gasteiger partial charge in [-0.15, -0.1) is 0 Å². The second-order valence-corrected chi connectivity index (χ2v) is 10.2. The second kappa shape index (κ2) is 10.7. The number of alkyl halides is 2. The SMILES string of the molecule is O=S(=O)(Nc1cccc(Cl)c1)c1cc(NC(=S)Nc2ccc(SC(F)F)cc2)ccc1Cl. The Kier molecular flexibility index (Phi) is 8.18. The minimum Gasteiger partial charge on any atom is -0.332 e. The van der Waals surface area contributed by atoms with E-state index in [-0.39, 0.29) is 20.7 Å². The van der Waals surface area contributed by atoms with E-state index in [1.807, 2.05) is 0 Å². The molecule has 0 aliphatic rings. The van der Waals surface area contributed by atoms with Gasteiger partial charge < -0.3 is 10.6 Å². The molecule has 0 radical (unpaired) electrons. The first-order valence-corrected chi connectivity index (χ1v) is 12.4. The van der Waals surface area contributed by atoms with Crippen molar-refractivity contribution < 1.29 is 17.2 Å². The molecule has 3 N–H and O–H groups in total. The van der Waals surface area contributed by atoms with E-state index in [1.165, 1.54) is 30.3 Å². The fourth-order valence-electron chi connectivity index (χ4n) is 2.56. The number of benzene rings is 3. The molecule has 3 aromatic rings. The van der Waals surface area contributed by atoms with Crippen LogP contribution in [0, 0.1) is 0 Å². The normalized spacial score (nSPS) is 11.3. The molecule has 0 amide bonds. The van der Waals surface area contributed by atoms with Crippen molar-refractivity contribution in [2.24, 2.45) is 0 Å². The highest BCUT2D eigenvalue weighted by Crippen LogP contribution is 2.28. The molecule has 5 nitrogen and oxygen atoms in total. The Bertz CT molecular complexity index is 1230. The Morgan fingerprint density at radius 2 is 1.56 bits per heavy atom. The molecular formula is C20H15Cl2F2N3O2S3. The fraction of sp³-hybridized carbons (Fsp3) is 0.0500. The lowest BCUT2D eigenvalue weighted by Gasteiger charge is -2.14. The van der Waals surface area contributed by atoms with Crippen molar-refractivity contribution in [3.63, 3.8) is 0 Å². The quantitative estimate of drug-likeness (QED) is 0.226. The average Bonchev–Trinajstić information content (AvgIpc) is 2.70. The summed E-state index contributed by atoms with van der Waals surface area (Å²) in [6, 6.07) is 16.9. The Hall–Kier alpha value is -2.11. The summed E-state index contributed by atoms with van der Waals surface area (Å²) in [5.41, 5.74) is 1.24. The van der Waals surface area contributed by atoms with Gasteiger partial charge in [0.05, 0.1) is 10.7 Å². The Morgan fingerprint density at radius 1 is 0.906 bits per heavy atom. The van der Waals surface area contributed by atoms with Gasteiger partial charge in [0.15, 0.2) is 5.11 Å². The van der Waals surface area contributed by atoms with Gasteiger partial charge in [0.2, 0.25) is 0 Å². The molecular weight excluding hydrogens is 519 g/mol. The van der Waals surface area contributed by atoms with Crippen LogP contribution >= 0.6 is 47.2 Å². The maximum Gasteiger partial charge on any atom is 0.288 e. The predicted octanol–water partition coefficient (Wildman–Crippen LogP) is 6.92. The van der Waals surface area contributed by atoms with Crippen LogP contribution in [0.25, 0.3) is 0 Å². The van der Waals surface area contributed by atoms with E-state index in [9.17, 15) is 17.2 Å². The van der Waals surface area contributed by atoms with Crippen LogP contribution in [0.1, 0.15) is 0 Å². The van der Waals surface area contributed by atoms with Gasteiger partial charge in [-0.3, -0.25) is 4.72 Å². The summed E-state index contributed by atoms with van der Waals surface area (Å²) in [5.74, 6) is -2.50. The van der Waals surface area contributed by atoms with Crippen molar-refractivity contribution in [2.75, 3.05) is 15.4 Å². The second-order valence-electron chi connectivity index (χ2n) is 6.24. The number of thiocarbonyl (C=S) groups is 1. The van der Waals surface area contributed by atoms with Crippen molar-refractivity contribution in [3.8, 4) is 0 Å². The van der Waals surface area contributed by atoms with E-state index in [0.29, 0.717) is 33.1 Å². The largest absolute Gasteiger partial charge is 0.332 e. The summed E-state index contributed by atoms with van der Waals surface area (Å²) in [7, 11) is -4.00. The highest BCUT2D eigenvalue weighted by molar-refractivity contribution is 7.99. The first-order valence-electron chi connectivity index (χ1n) is 8.83. The fourth-order valence-corrected chi connectivity index (χ4v) is 5.06. The van der Waals surface area contributed by atoms with E-state index < -0.39 is 15.8 Å². The van der Waals surface area contributed by atoms with Gasteiger partial charge in [0, 0.05) is 21.3 Å². The molecule has 32 heavy (non-hydrogen) atoms. The minimum atomic E-state index is -4.00. The van der Waals surface area contributed by atoms with Gasteiger partial charge >= 0.3 is 0 Å². The molecule has 0 saturated carbocycles. The molecule has 12 heteroatoms. The zero-order chi connectivity index (χ0) is 23.3. The molecule has 168 valence electrons. The number of rotatable bonds is 7. The number of halogens is 4. The monoisotopic (exact) mass is 533 g/mol. The zero-order valence-electron chi connectivity index (χ0n) is 16.0. The van der Waals surface area contributed by atoms with Crippen molar-refractivity contribution in [3.05, 3.63) is 76.8 Å². The van der Waals surface area contributed by atoms with Gasteiger partial charge in [0.1, 0.15) is 4.90 Å². The minimum absolute atomic E-state index is 0.0241. The van der Waals surface area contributed by atoms with Crippen molar-refractivity contribution in [1.29, 1.82) is 0 Å². The van der Waals surface area contributed by atoms with Crippen LogP contribution in [-0.4, -0.2) is 19.3 Å². The van der Waals surface area contributed by atoms with Gasteiger partial charge in [-0.25, -0.2) is 8.42 Å². The van der Waals surface area contributed by atoms with E-state index in [2.05, 4.69) is 15.4 Å². The van der Waals surface area contributed by atoms with Crippen molar-refractivity contribution >= 4 is 79.4 Å². The molecule has 0 bridgehead atoms. The summed E-state index contributed by atoms with van der Waals surface area (Å²) >= 11 is 17.7. The van der Waals surface area contributed by atoms with Crippen molar-refractivity contribution in [1.82, 2.24) is 0 Å². The Morgan fingerprint density at radius 3 is 2.22 bits per heavy atom. The number of sulfonamides is 1. The number of hydrogen-bond donors (Lipinski definition) is 3. The topological polar surface area (TPSA) is 70.2 Å². The van der Waals surface area contributed by atoms with E-state index in [0.717, 1.165) is 0 Å². The average molecular weight is 534 g/mol. The van der Waals surface area contributed by atoms with Crippen LogP contribution in [-0.2, 0) is 10.0 Å². The summed E-state index contributed by atoms with van der Waals surface area (Å²) < 4.78 is 52.9. The lowest BCUT2D eigenvalue weighted by molar-refractivity contribution is 0.252. The molecule has 0 aromatic heterocycles. The van der Waals surface area contributed by atoms with Crippen LogP contribution in [0.3, 0.4) is 0 Å². The van der Waals surface area contributed by atoms with Gasteiger partial charge in [-0.1, -0.05) is 41.0 Å². The van der Waals surface area contributed by atoms with E-state index in [4.69, 9.17) is 35.4 Å². The maximum absolute atomic E-state index is 12.8. The predicted molar refractivity (Wildman–Crippen MR) is 132 cm³/mol. The smallest absolute Gasteiger partial charge is 0.288 e. The van der Waals surface area contributed by atoms with Crippen LogP contribution in [0.15, 0.2) is 76.5 Å². The summed E-state index contributed by atoms with van der Waals surface area (Å²) in [6.45, 7) is 0. The first-order chi connectivity index (χ1) is 15.1. The molecule has 0 aliphatic carbocycles. The number of anilines is 3. The van der Waals surface area contributed by atoms with Crippen LogP contribution in [0.5, 0.6) is 0 Å². The van der Waals surface area contributed by atoms with Crippen LogP contribution < -0.4 is 15.4 Å². The Balaban J connectivity index is 1.71. The van der Waals surface area contributed by atoms with Gasteiger partial charge in [-0.2, -0.15) is 8.78 Å². The van der Waals surface area contributed by atoms with Crippen molar-refractivity contribution in [2.45, 2.75) is 15.5 Å². The third-order valence-electron chi connectivity index (χ3n) is 3.89. The molecule has 0 unspecified atom stereocenters. The zero-order valence-corrected chi connectivity index (χ0v) is 19.9. The van der Waals surface area contributed by atoms with Gasteiger partial charge in [0.25, 0.3) is 15.8 Å². The molecule has 0 aliphatic heterocycles. The third-order valence-corrected chi connectivity index (χ3v) is 6.92. The third kappa shape index (κ3) is 6.94. The molecule has 3 aromatic carbocycles. The van der Waals surface area contributed by atoms with Crippen LogP contribution in [0.4, 0.5) is 25.8 Å². The van der Waals surface area contributed by atoms with Gasteiger partial charge in [-0.05, 0) is 72.9 Å². The highest BCUT2D eigenvalue weighted by Gasteiger charge is 2.19. The maximum atomic E-state index is 12.8. The molecule has 3 rings (SSSR count). The van der Waals surface area contributed by atoms with E-state index in [1.54, 1.807) is 36.4 Å². The lowest BCUT2D eigenvalue weighted by atomic mass is 10.3. The number of thioether (sulfide) groups is 1. The summed E-state index contributed by atoms with van der Waals surface area (Å²) in [6.07, 6.45) is 0.